The van der Waals surface area contributed by atoms with Crippen molar-refractivity contribution < 1.29 is 0 Å². The Balaban J connectivity index is 2.34. The maximum absolute atomic E-state index is 4.67. The van der Waals surface area contributed by atoms with Crippen LogP contribution in [-0.2, 0) is 0 Å². The number of rotatable bonds is 5. The second kappa shape index (κ2) is 6.50. The summed E-state index contributed by atoms with van der Waals surface area (Å²) in [6.45, 7) is 7.61. The van der Waals surface area contributed by atoms with Crippen LogP contribution in [0.15, 0.2) is 4.99 Å². The molecule has 1 aliphatic rings. The molecule has 3 nitrogen and oxygen atoms in total. The lowest BCUT2D eigenvalue weighted by molar-refractivity contribution is 0.318. The topological polar surface area (TPSA) is 27.6 Å². The lowest BCUT2D eigenvalue weighted by Gasteiger charge is -2.33. The Kier molecular flexibility index (Phi) is 5.62. The molecule has 0 aromatic carbocycles. The summed E-state index contributed by atoms with van der Waals surface area (Å²) in [6, 6.07) is 0. The number of amidine groups is 1. The molecule has 0 spiro atoms. The van der Waals surface area contributed by atoms with E-state index in [2.05, 4.69) is 43.2 Å². The fourth-order valence-corrected chi connectivity index (χ4v) is 3.03. The highest BCUT2D eigenvalue weighted by Crippen LogP contribution is 2.34. The number of thioether (sulfide) groups is 1. The van der Waals surface area contributed by atoms with Crippen molar-refractivity contribution in [1.29, 1.82) is 0 Å². The molecule has 0 aliphatic carbocycles. The van der Waals surface area contributed by atoms with Crippen molar-refractivity contribution in [3.63, 3.8) is 0 Å². The smallest absolute Gasteiger partial charge is 0.156 e. The van der Waals surface area contributed by atoms with Crippen LogP contribution < -0.4 is 5.32 Å². The third-order valence-electron chi connectivity index (χ3n) is 3.41. The minimum atomic E-state index is 0.456. The minimum absolute atomic E-state index is 0.456. The van der Waals surface area contributed by atoms with Crippen molar-refractivity contribution >= 4 is 16.9 Å². The Morgan fingerprint density at radius 3 is 2.50 bits per heavy atom. The van der Waals surface area contributed by atoms with Gasteiger partial charge in [-0.3, -0.25) is 4.99 Å². The maximum atomic E-state index is 4.67. The van der Waals surface area contributed by atoms with Gasteiger partial charge in [0.05, 0.1) is 0 Å². The number of aliphatic imine (C=N–C) groups is 1. The predicted octanol–water partition coefficient (Wildman–Crippen LogP) is 2.05. The van der Waals surface area contributed by atoms with Crippen LogP contribution in [-0.4, -0.2) is 49.6 Å². The summed E-state index contributed by atoms with van der Waals surface area (Å²) in [5.74, 6) is 1.22. The fraction of sp³-hybridized carbons (Fsp3) is 0.917. The highest BCUT2D eigenvalue weighted by Gasteiger charge is 2.29. The van der Waals surface area contributed by atoms with Crippen LogP contribution in [0.5, 0.6) is 0 Å². The predicted molar refractivity (Wildman–Crippen MR) is 74.3 cm³/mol. The van der Waals surface area contributed by atoms with Gasteiger partial charge in [0.1, 0.15) is 0 Å². The van der Waals surface area contributed by atoms with E-state index in [1.54, 1.807) is 0 Å². The van der Waals surface area contributed by atoms with Crippen molar-refractivity contribution in [3.05, 3.63) is 0 Å². The zero-order chi connectivity index (χ0) is 12.0. The molecule has 1 aliphatic heterocycles. The highest BCUT2D eigenvalue weighted by molar-refractivity contribution is 8.13. The molecule has 0 saturated heterocycles. The summed E-state index contributed by atoms with van der Waals surface area (Å²) in [5.41, 5.74) is 0.456. The molecule has 0 aromatic rings. The van der Waals surface area contributed by atoms with E-state index in [0.29, 0.717) is 5.41 Å². The largest absolute Gasteiger partial charge is 0.364 e. The molecule has 0 saturated carbocycles. The van der Waals surface area contributed by atoms with E-state index >= 15 is 0 Å². The van der Waals surface area contributed by atoms with Gasteiger partial charge < -0.3 is 10.2 Å². The zero-order valence-corrected chi connectivity index (χ0v) is 11.9. The van der Waals surface area contributed by atoms with Gasteiger partial charge >= 0.3 is 0 Å². The van der Waals surface area contributed by atoms with Crippen LogP contribution in [0.25, 0.3) is 0 Å². The maximum Gasteiger partial charge on any atom is 0.156 e. The van der Waals surface area contributed by atoms with Gasteiger partial charge in [-0.15, -0.1) is 0 Å². The number of nitrogens with one attached hydrogen (secondary N) is 1. The van der Waals surface area contributed by atoms with Crippen molar-refractivity contribution in [2.75, 3.05) is 39.5 Å². The molecule has 0 amide bonds. The van der Waals surface area contributed by atoms with Gasteiger partial charge in [0.15, 0.2) is 5.17 Å². The summed E-state index contributed by atoms with van der Waals surface area (Å²) in [7, 11) is 4.19. The van der Waals surface area contributed by atoms with Crippen LogP contribution in [0.1, 0.15) is 26.7 Å². The van der Waals surface area contributed by atoms with E-state index in [9.17, 15) is 0 Å². The average molecular weight is 243 g/mol. The zero-order valence-electron chi connectivity index (χ0n) is 11.0. The first-order valence-corrected chi connectivity index (χ1v) is 7.16. The van der Waals surface area contributed by atoms with Gasteiger partial charge in [-0.1, -0.05) is 25.6 Å². The van der Waals surface area contributed by atoms with Crippen molar-refractivity contribution in [2.45, 2.75) is 26.7 Å². The molecule has 16 heavy (non-hydrogen) atoms. The Morgan fingerprint density at radius 2 is 2.06 bits per heavy atom. The quantitative estimate of drug-likeness (QED) is 0.801. The van der Waals surface area contributed by atoms with E-state index in [1.807, 2.05) is 11.8 Å². The van der Waals surface area contributed by atoms with Crippen molar-refractivity contribution in [3.8, 4) is 0 Å². The summed E-state index contributed by atoms with van der Waals surface area (Å²) >= 11 is 1.89. The Bertz CT molecular complexity index is 234. The highest BCUT2D eigenvalue weighted by atomic mass is 32.2. The first kappa shape index (κ1) is 13.8. The van der Waals surface area contributed by atoms with E-state index in [1.165, 1.54) is 18.6 Å². The van der Waals surface area contributed by atoms with Gasteiger partial charge in [-0.2, -0.15) is 0 Å². The van der Waals surface area contributed by atoms with Gasteiger partial charge in [0.2, 0.25) is 0 Å². The number of nitrogens with zero attached hydrogens (tertiary/aromatic N) is 2. The Labute approximate surface area is 104 Å². The van der Waals surface area contributed by atoms with E-state index < -0.39 is 0 Å². The number of hydrogen-bond donors (Lipinski definition) is 1. The van der Waals surface area contributed by atoms with E-state index in [0.717, 1.165) is 24.8 Å². The molecule has 1 heterocycles. The fourth-order valence-electron chi connectivity index (χ4n) is 1.72. The van der Waals surface area contributed by atoms with Crippen molar-refractivity contribution in [2.24, 2.45) is 10.4 Å². The summed E-state index contributed by atoms with van der Waals surface area (Å²) < 4.78 is 0. The summed E-state index contributed by atoms with van der Waals surface area (Å²) in [5, 5.41) is 4.55. The second-order valence-corrected chi connectivity index (χ2v) is 5.81. The normalized spacial score (nSPS) is 19.7. The van der Waals surface area contributed by atoms with Gasteiger partial charge in [0.25, 0.3) is 0 Å². The third-order valence-corrected chi connectivity index (χ3v) is 4.71. The number of likely N-dealkylation sites (N-methyl/N-ethyl adjacent to an activating group) is 1. The first-order chi connectivity index (χ1) is 7.62. The lowest BCUT2D eigenvalue weighted by atomic mass is 9.84. The molecule has 0 aromatic heterocycles. The monoisotopic (exact) mass is 243 g/mol. The molecule has 1 N–H and O–H groups in total. The molecule has 0 atom stereocenters. The van der Waals surface area contributed by atoms with Crippen LogP contribution >= 0.6 is 11.8 Å². The van der Waals surface area contributed by atoms with Gasteiger partial charge in [-0.05, 0) is 32.4 Å². The second-order valence-electron chi connectivity index (χ2n) is 4.85. The van der Waals surface area contributed by atoms with Crippen LogP contribution in [0.2, 0.25) is 0 Å². The lowest BCUT2D eigenvalue weighted by Crippen LogP contribution is -2.36. The third kappa shape index (κ3) is 3.98. The Morgan fingerprint density at radius 1 is 1.38 bits per heavy atom. The summed E-state index contributed by atoms with van der Waals surface area (Å²) in [6.07, 6.45) is 2.48. The van der Waals surface area contributed by atoms with Gasteiger partial charge in [-0.25, -0.2) is 0 Å². The van der Waals surface area contributed by atoms with Crippen molar-refractivity contribution in [1.82, 2.24) is 10.2 Å². The molecular formula is C12H25N3S. The standard InChI is InChI=1S/C12H25N3S/c1-5-12(6-2)9-14-11(16-10-12)13-7-8-15(3)4/h5-10H2,1-4H3,(H,13,14). The van der Waals surface area contributed by atoms with Crippen LogP contribution in [0.3, 0.4) is 0 Å². The molecule has 94 valence electrons. The van der Waals surface area contributed by atoms with Crippen LogP contribution in [0, 0.1) is 5.41 Å². The van der Waals surface area contributed by atoms with E-state index in [4.69, 9.17) is 0 Å². The molecular weight excluding hydrogens is 218 g/mol. The molecule has 1 rings (SSSR count). The molecule has 0 radical (unpaired) electrons. The molecule has 0 bridgehead atoms. The molecule has 0 unspecified atom stereocenters. The van der Waals surface area contributed by atoms with E-state index in [-0.39, 0.29) is 0 Å². The Hall–Kier alpha value is -0.220. The number of hydrogen-bond acceptors (Lipinski definition) is 4. The first-order valence-electron chi connectivity index (χ1n) is 6.18. The molecule has 4 heteroatoms. The summed E-state index contributed by atoms with van der Waals surface area (Å²) in [4.78, 5) is 6.86. The van der Waals surface area contributed by atoms with Gasteiger partial charge in [0, 0.05) is 25.4 Å². The SMILES string of the molecule is CCC1(CC)CN=C(NCCN(C)C)SC1. The minimum Gasteiger partial charge on any atom is -0.364 e. The molecule has 0 fully saturated rings. The van der Waals surface area contributed by atoms with Crippen LogP contribution in [0.4, 0.5) is 0 Å². The average Bonchev–Trinajstić information content (AvgIpc) is 2.30.